The molecule has 0 bridgehead atoms. The fraction of sp³-hybridized carbons (Fsp3) is 0.182. The Kier molecular flexibility index (Phi) is 5.20. The van der Waals surface area contributed by atoms with E-state index in [-0.39, 0.29) is 29.8 Å². The fourth-order valence-corrected chi connectivity index (χ4v) is 3.19. The Hall–Kier alpha value is -3.74. The second-order valence-electron chi connectivity index (χ2n) is 6.64. The molecule has 2 amide bonds. The zero-order chi connectivity index (χ0) is 20.2. The van der Waals surface area contributed by atoms with E-state index in [0.717, 1.165) is 16.9 Å². The molecule has 146 valence electrons. The van der Waals surface area contributed by atoms with Gasteiger partial charge in [0.2, 0.25) is 0 Å². The predicted octanol–water partition coefficient (Wildman–Crippen LogP) is 3.26. The van der Waals surface area contributed by atoms with Gasteiger partial charge >= 0.3 is 5.97 Å². The van der Waals surface area contributed by atoms with Crippen LogP contribution in [0.2, 0.25) is 0 Å². The third kappa shape index (κ3) is 3.94. The highest BCUT2D eigenvalue weighted by Gasteiger charge is 2.36. The van der Waals surface area contributed by atoms with E-state index in [4.69, 9.17) is 9.15 Å². The van der Waals surface area contributed by atoms with E-state index >= 15 is 0 Å². The number of hydrogen-bond donors (Lipinski definition) is 0. The fourth-order valence-electron chi connectivity index (χ4n) is 3.19. The zero-order valence-corrected chi connectivity index (χ0v) is 15.5. The van der Waals surface area contributed by atoms with Crippen LogP contribution < -0.4 is 0 Å². The van der Waals surface area contributed by atoms with E-state index in [1.807, 2.05) is 12.1 Å². The highest BCUT2D eigenvalue weighted by Crippen LogP contribution is 2.26. The van der Waals surface area contributed by atoms with E-state index in [2.05, 4.69) is 4.98 Å². The van der Waals surface area contributed by atoms with Crippen molar-refractivity contribution < 1.29 is 23.5 Å². The summed E-state index contributed by atoms with van der Waals surface area (Å²) in [5.74, 6) is -0.873. The molecule has 0 saturated heterocycles. The van der Waals surface area contributed by atoms with Crippen LogP contribution in [0.3, 0.4) is 0 Å². The van der Waals surface area contributed by atoms with Gasteiger partial charge in [-0.2, -0.15) is 0 Å². The number of rotatable bonds is 7. The van der Waals surface area contributed by atoms with Crippen LogP contribution in [0.4, 0.5) is 0 Å². The van der Waals surface area contributed by atoms with Gasteiger partial charge in [0.15, 0.2) is 0 Å². The minimum atomic E-state index is -0.524. The average Bonchev–Trinajstić information content (AvgIpc) is 3.35. The molecule has 0 N–H and O–H groups in total. The number of aromatic nitrogens is 1. The maximum absolute atomic E-state index is 12.6. The minimum absolute atomic E-state index is 0.0491. The first-order chi connectivity index (χ1) is 14.1. The summed E-state index contributed by atoms with van der Waals surface area (Å²) in [6.45, 7) is 0.301. The van der Waals surface area contributed by atoms with Gasteiger partial charge in [0.05, 0.1) is 36.1 Å². The van der Waals surface area contributed by atoms with Gasteiger partial charge in [-0.25, -0.2) is 4.79 Å². The van der Waals surface area contributed by atoms with Crippen LogP contribution in [0.5, 0.6) is 0 Å². The second-order valence-corrected chi connectivity index (χ2v) is 6.64. The number of esters is 1. The third-order valence-electron chi connectivity index (χ3n) is 4.67. The number of fused-ring (bicyclic) bond motifs is 1. The van der Waals surface area contributed by atoms with Gasteiger partial charge in [-0.15, -0.1) is 0 Å². The number of carbonyl (C=O) groups excluding carboxylic acids is 3. The molecule has 0 spiro atoms. The minimum Gasteiger partial charge on any atom is -0.467 e. The van der Waals surface area contributed by atoms with Crippen molar-refractivity contribution in [3.63, 3.8) is 0 Å². The van der Waals surface area contributed by atoms with Crippen LogP contribution >= 0.6 is 0 Å². The largest absolute Gasteiger partial charge is 0.467 e. The molecule has 2 aromatic heterocycles. The SMILES string of the molecule is O=C(OCCCc1cccnc1)c1ccc2c(c1)C(=O)N(Cc1ccco1)C2=O. The lowest BCUT2D eigenvalue weighted by atomic mass is 10.1. The maximum Gasteiger partial charge on any atom is 0.338 e. The first-order valence-corrected chi connectivity index (χ1v) is 9.22. The summed E-state index contributed by atoms with van der Waals surface area (Å²) in [6.07, 6.45) is 6.38. The molecule has 0 fully saturated rings. The number of amides is 2. The number of nitrogens with zero attached hydrogens (tertiary/aromatic N) is 2. The van der Waals surface area contributed by atoms with Crippen LogP contribution in [0.25, 0.3) is 0 Å². The molecule has 7 heteroatoms. The monoisotopic (exact) mass is 390 g/mol. The molecule has 0 saturated carbocycles. The van der Waals surface area contributed by atoms with Crippen molar-refractivity contribution in [1.29, 1.82) is 0 Å². The number of benzene rings is 1. The first-order valence-electron chi connectivity index (χ1n) is 9.22. The quantitative estimate of drug-likeness (QED) is 0.349. The molecule has 1 aliphatic heterocycles. The summed E-state index contributed by atoms with van der Waals surface area (Å²) < 4.78 is 10.5. The van der Waals surface area contributed by atoms with Gasteiger partial charge in [0, 0.05) is 12.4 Å². The van der Waals surface area contributed by atoms with Crippen molar-refractivity contribution in [2.75, 3.05) is 6.61 Å². The lowest BCUT2D eigenvalue weighted by molar-refractivity contribution is 0.0500. The molecular formula is C22H18N2O5. The van der Waals surface area contributed by atoms with Crippen molar-refractivity contribution in [2.24, 2.45) is 0 Å². The topological polar surface area (TPSA) is 89.7 Å². The zero-order valence-electron chi connectivity index (χ0n) is 15.5. The molecular weight excluding hydrogens is 372 g/mol. The smallest absolute Gasteiger partial charge is 0.338 e. The summed E-state index contributed by atoms with van der Waals surface area (Å²) in [6, 6.07) is 11.6. The second kappa shape index (κ2) is 8.10. The molecule has 1 aromatic carbocycles. The molecule has 1 aliphatic rings. The van der Waals surface area contributed by atoms with Crippen LogP contribution in [-0.4, -0.2) is 34.3 Å². The van der Waals surface area contributed by atoms with Crippen molar-refractivity contribution in [3.05, 3.63) is 89.1 Å². The molecule has 29 heavy (non-hydrogen) atoms. The van der Waals surface area contributed by atoms with Gasteiger partial charge in [0.1, 0.15) is 5.76 Å². The molecule has 3 heterocycles. The molecule has 7 nitrogen and oxygen atoms in total. The van der Waals surface area contributed by atoms with Gasteiger partial charge in [0.25, 0.3) is 11.8 Å². The highest BCUT2D eigenvalue weighted by atomic mass is 16.5. The maximum atomic E-state index is 12.6. The van der Waals surface area contributed by atoms with Gasteiger partial charge in [-0.05, 0) is 54.8 Å². The summed E-state index contributed by atoms with van der Waals surface area (Å²) in [5, 5.41) is 0. The molecule has 0 aliphatic carbocycles. The van der Waals surface area contributed by atoms with Crippen LogP contribution in [0, 0.1) is 0 Å². The highest BCUT2D eigenvalue weighted by molar-refractivity contribution is 6.21. The number of ether oxygens (including phenoxy) is 1. The lowest BCUT2D eigenvalue weighted by Crippen LogP contribution is -2.28. The predicted molar refractivity (Wildman–Crippen MR) is 102 cm³/mol. The average molecular weight is 390 g/mol. The molecule has 3 aromatic rings. The Morgan fingerprint density at radius 3 is 2.69 bits per heavy atom. The summed E-state index contributed by atoms with van der Waals surface area (Å²) in [7, 11) is 0. The third-order valence-corrected chi connectivity index (χ3v) is 4.67. The Morgan fingerprint density at radius 2 is 1.93 bits per heavy atom. The van der Waals surface area contributed by atoms with Crippen molar-refractivity contribution in [1.82, 2.24) is 9.88 Å². The van der Waals surface area contributed by atoms with Gasteiger partial charge in [-0.1, -0.05) is 6.07 Å². The van der Waals surface area contributed by atoms with E-state index in [0.29, 0.717) is 12.2 Å². The van der Waals surface area contributed by atoms with Gasteiger partial charge < -0.3 is 9.15 Å². The first kappa shape index (κ1) is 18.6. The Balaban J connectivity index is 1.38. The van der Waals surface area contributed by atoms with E-state index < -0.39 is 17.8 Å². The number of pyridine rings is 1. The normalized spacial score (nSPS) is 12.9. The molecule has 0 atom stereocenters. The van der Waals surface area contributed by atoms with Crippen molar-refractivity contribution in [3.8, 4) is 0 Å². The summed E-state index contributed by atoms with van der Waals surface area (Å²) >= 11 is 0. The van der Waals surface area contributed by atoms with E-state index in [9.17, 15) is 14.4 Å². The Labute approximate surface area is 166 Å². The van der Waals surface area contributed by atoms with E-state index in [1.54, 1.807) is 24.5 Å². The Morgan fingerprint density at radius 1 is 1.07 bits per heavy atom. The Bertz CT molecular complexity index is 1040. The summed E-state index contributed by atoms with van der Waals surface area (Å²) in [4.78, 5) is 42.6. The lowest BCUT2D eigenvalue weighted by Gasteiger charge is -2.11. The van der Waals surface area contributed by atoms with Crippen molar-refractivity contribution in [2.45, 2.75) is 19.4 Å². The van der Waals surface area contributed by atoms with Crippen LogP contribution in [0.1, 0.15) is 48.8 Å². The standard InChI is InChI=1S/C22H18N2O5/c25-20-18-8-7-16(22(27)29-11-2-5-15-4-1-9-23-13-15)12-19(18)21(26)24(20)14-17-6-3-10-28-17/h1,3-4,6-10,12-13H,2,5,11,14H2. The van der Waals surface area contributed by atoms with E-state index in [1.165, 1.54) is 24.5 Å². The number of furan rings is 1. The number of hydrogen-bond acceptors (Lipinski definition) is 6. The molecule has 0 unspecified atom stereocenters. The number of carbonyl (C=O) groups is 3. The van der Waals surface area contributed by atoms with Crippen LogP contribution in [0.15, 0.2) is 65.5 Å². The number of aryl methyl sites for hydroxylation is 1. The van der Waals surface area contributed by atoms with Crippen molar-refractivity contribution >= 4 is 17.8 Å². The summed E-state index contributed by atoms with van der Waals surface area (Å²) in [5.41, 5.74) is 1.79. The molecule has 0 radical (unpaired) electrons. The van der Waals surface area contributed by atoms with Crippen LogP contribution in [-0.2, 0) is 17.7 Å². The number of imide groups is 1. The molecule has 4 rings (SSSR count). The van der Waals surface area contributed by atoms with Gasteiger partial charge in [-0.3, -0.25) is 19.5 Å².